The summed E-state index contributed by atoms with van der Waals surface area (Å²) in [6.07, 6.45) is 11.3. The minimum atomic E-state index is 0.0569. The zero-order valence-electron chi connectivity index (χ0n) is 17.6. The van der Waals surface area contributed by atoms with Crippen molar-refractivity contribution in [3.05, 3.63) is 78.1 Å². The lowest BCUT2D eigenvalue weighted by Crippen LogP contribution is -2.38. The monoisotopic (exact) mass is 414 g/mol. The van der Waals surface area contributed by atoms with E-state index in [0.29, 0.717) is 5.92 Å². The van der Waals surface area contributed by atoms with E-state index in [1.54, 1.807) is 24.8 Å². The number of nitrogens with one attached hydrogen (secondary N) is 1. The van der Waals surface area contributed by atoms with E-state index in [9.17, 15) is 4.79 Å². The Morgan fingerprint density at radius 2 is 2.03 bits per heavy atom. The molecule has 0 spiro atoms. The Hall–Kier alpha value is -3.61. The number of hydrogen-bond acceptors (Lipinski definition) is 6. The SMILES string of the molecule is Cc1cccc(Nc2cc(CC3CCN(C(=O)/C=C/c4cccnc4)CC3)ncn2)n1. The highest BCUT2D eigenvalue weighted by Gasteiger charge is 2.22. The molecule has 0 aromatic carbocycles. The van der Waals surface area contributed by atoms with E-state index in [1.165, 1.54) is 0 Å². The average Bonchev–Trinajstić information content (AvgIpc) is 2.79. The summed E-state index contributed by atoms with van der Waals surface area (Å²) in [4.78, 5) is 31.6. The maximum absolute atomic E-state index is 12.5. The summed E-state index contributed by atoms with van der Waals surface area (Å²) in [6.45, 7) is 3.50. The first-order chi connectivity index (χ1) is 15.2. The molecule has 158 valence electrons. The fourth-order valence-corrected chi connectivity index (χ4v) is 3.72. The third-order valence-corrected chi connectivity index (χ3v) is 5.39. The summed E-state index contributed by atoms with van der Waals surface area (Å²) in [5.74, 6) is 2.08. The van der Waals surface area contributed by atoms with Crippen molar-refractivity contribution in [1.82, 2.24) is 24.8 Å². The number of anilines is 2. The van der Waals surface area contributed by atoms with Crippen molar-refractivity contribution in [3.63, 3.8) is 0 Å². The molecule has 3 aromatic rings. The summed E-state index contributed by atoms with van der Waals surface area (Å²) in [7, 11) is 0. The first kappa shape index (κ1) is 20.7. The van der Waals surface area contributed by atoms with Crippen LogP contribution in [-0.4, -0.2) is 43.8 Å². The van der Waals surface area contributed by atoms with E-state index in [4.69, 9.17) is 0 Å². The maximum atomic E-state index is 12.5. The predicted octanol–water partition coefficient (Wildman–Crippen LogP) is 3.81. The Kier molecular flexibility index (Phi) is 6.62. The van der Waals surface area contributed by atoms with Gasteiger partial charge in [0.25, 0.3) is 0 Å². The summed E-state index contributed by atoms with van der Waals surface area (Å²) in [6, 6.07) is 11.6. The van der Waals surface area contributed by atoms with Gasteiger partial charge < -0.3 is 10.2 Å². The Morgan fingerprint density at radius 3 is 2.81 bits per heavy atom. The Morgan fingerprint density at radius 1 is 1.16 bits per heavy atom. The highest BCUT2D eigenvalue weighted by Crippen LogP contribution is 2.22. The zero-order chi connectivity index (χ0) is 21.5. The lowest BCUT2D eigenvalue weighted by Gasteiger charge is -2.31. The summed E-state index contributed by atoms with van der Waals surface area (Å²) < 4.78 is 0. The molecule has 3 aromatic heterocycles. The second-order valence-corrected chi connectivity index (χ2v) is 7.78. The largest absolute Gasteiger partial charge is 0.339 e. The van der Waals surface area contributed by atoms with Crippen LogP contribution in [0, 0.1) is 12.8 Å². The molecule has 31 heavy (non-hydrogen) atoms. The second-order valence-electron chi connectivity index (χ2n) is 7.78. The first-order valence-corrected chi connectivity index (χ1v) is 10.5. The van der Waals surface area contributed by atoms with Crippen molar-refractivity contribution in [2.75, 3.05) is 18.4 Å². The number of rotatable bonds is 6. The summed E-state index contributed by atoms with van der Waals surface area (Å²) in [5, 5.41) is 3.24. The topological polar surface area (TPSA) is 83.9 Å². The molecule has 1 N–H and O–H groups in total. The standard InChI is InChI=1S/C24H26N6O/c1-18-4-2-6-22(28-18)29-23-15-21(26-17-27-23)14-19-9-12-30(13-10-19)24(31)8-7-20-5-3-11-25-16-20/h2-8,11,15-17,19H,9-10,12-14H2,1H3,(H,26,27,28,29)/b8-7+. The van der Waals surface area contributed by atoms with Crippen LogP contribution >= 0.6 is 0 Å². The first-order valence-electron chi connectivity index (χ1n) is 10.5. The van der Waals surface area contributed by atoms with E-state index in [2.05, 4.69) is 25.3 Å². The van der Waals surface area contributed by atoms with E-state index >= 15 is 0 Å². The zero-order valence-corrected chi connectivity index (χ0v) is 17.6. The molecule has 7 heteroatoms. The smallest absolute Gasteiger partial charge is 0.246 e. The number of nitrogens with zero attached hydrogens (tertiary/aromatic N) is 5. The lowest BCUT2D eigenvalue weighted by molar-refractivity contribution is -0.127. The quantitative estimate of drug-likeness (QED) is 0.618. The molecule has 1 aliphatic heterocycles. The normalized spacial score (nSPS) is 14.7. The van der Waals surface area contributed by atoms with Gasteiger partial charge in [0.1, 0.15) is 18.0 Å². The number of aromatic nitrogens is 4. The molecule has 0 bridgehead atoms. The number of carbonyl (C=O) groups is 1. The van der Waals surface area contributed by atoms with Crippen LogP contribution in [0.25, 0.3) is 6.08 Å². The molecule has 0 unspecified atom stereocenters. The second kappa shape index (κ2) is 9.93. The van der Waals surface area contributed by atoms with Gasteiger partial charge in [0.2, 0.25) is 5.91 Å². The third kappa shape index (κ3) is 5.94. The predicted molar refractivity (Wildman–Crippen MR) is 121 cm³/mol. The van der Waals surface area contributed by atoms with Crippen molar-refractivity contribution in [2.24, 2.45) is 5.92 Å². The van der Waals surface area contributed by atoms with Gasteiger partial charge in [0.05, 0.1) is 0 Å². The minimum absolute atomic E-state index is 0.0569. The van der Waals surface area contributed by atoms with Crippen molar-refractivity contribution >= 4 is 23.6 Å². The molecule has 0 saturated carbocycles. The Balaban J connectivity index is 1.29. The van der Waals surface area contributed by atoms with Gasteiger partial charge in [0, 0.05) is 49.0 Å². The third-order valence-electron chi connectivity index (χ3n) is 5.39. The number of aryl methyl sites for hydroxylation is 1. The molecule has 4 heterocycles. The van der Waals surface area contributed by atoms with Gasteiger partial charge in [-0.15, -0.1) is 0 Å². The molecular formula is C24H26N6O. The van der Waals surface area contributed by atoms with Crippen LogP contribution in [-0.2, 0) is 11.2 Å². The molecule has 7 nitrogen and oxygen atoms in total. The number of amides is 1. The molecule has 0 atom stereocenters. The van der Waals surface area contributed by atoms with Crippen LogP contribution in [0.5, 0.6) is 0 Å². The van der Waals surface area contributed by atoms with Gasteiger partial charge in [-0.05, 0) is 61.9 Å². The van der Waals surface area contributed by atoms with E-state index in [-0.39, 0.29) is 5.91 Å². The van der Waals surface area contributed by atoms with E-state index < -0.39 is 0 Å². The fourth-order valence-electron chi connectivity index (χ4n) is 3.72. The number of carbonyl (C=O) groups excluding carboxylic acids is 1. The minimum Gasteiger partial charge on any atom is -0.339 e. The van der Waals surface area contributed by atoms with Gasteiger partial charge in [-0.2, -0.15) is 0 Å². The van der Waals surface area contributed by atoms with Crippen LogP contribution in [0.1, 0.15) is 29.8 Å². The maximum Gasteiger partial charge on any atom is 0.246 e. The highest BCUT2D eigenvalue weighted by molar-refractivity contribution is 5.91. The number of pyridine rings is 2. The van der Waals surface area contributed by atoms with Crippen LogP contribution in [0.2, 0.25) is 0 Å². The van der Waals surface area contributed by atoms with E-state index in [1.807, 2.05) is 54.3 Å². The van der Waals surface area contributed by atoms with Crippen molar-refractivity contribution in [1.29, 1.82) is 0 Å². The lowest BCUT2D eigenvalue weighted by atomic mass is 9.92. The molecule has 4 rings (SSSR count). The molecular weight excluding hydrogens is 388 g/mol. The van der Waals surface area contributed by atoms with Crippen LogP contribution in [0.3, 0.4) is 0 Å². The van der Waals surface area contributed by atoms with Crippen LogP contribution in [0.4, 0.5) is 11.6 Å². The van der Waals surface area contributed by atoms with Gasteiger partial charge in [-0.25, -0.2) is 15.0 Å². The van der Waals surface area contributed by atoms with Crippen molar-refractivity contribution in [2.45, 2.75) is 26.2 Å². The molecule has 1 saturated heterocycles. The van der Waals surface area contributed by atoms with Gasteiger partial charge in [-0.1, -0.05) is 12.1 Å². The summed E-state index contributed by atoms with van der Waals surface area (Å²) >= 11 is 0. The number of piperidine rings is 1. The van der Waals surface area contributed by atoms with Gasteiger partial charge in [-0.3, -0.25) is 9.78 Å². The van der Waals surface area contributed by atoms with Crippen LogP contribution < -0.4 is 5.32 Å². The molecule has 1 amide bonds. The number of likely N-dealkylation sites (tertiary alicyclic amines) is 1. The Bertz CT molecular complexity index is 1040. The average molecular weight is 415 g/mol. The van der Waals surface area contributed by atoms with Gasteiger partial charge in [0.15, 0.2) is 0 Å². The molecule has 0 aliphatic carbocycles. The van der Waals surface area contributed by atoms with E-state index in [0.717, 1.165) is 60.9 Å². The number of hydrogen-bond donors (Lipinski definition) is 1. The summed E-state index contributed by atoms with van der Waals surface area (Å²) in [5.41, 5.74) is 2.89. The highest BCUT2D eigenvalue weighted by atomic mass is 16.2. The van der Waals surface area contributed by atoms with Crippen molar-refractivity contribution < 1.29 is 4.79 Å². The fraction of sp³-hybridized carbons (Fsp3) is 0.292. The van der Waals surface area contributed by atoms with Crippen molar-refractivity contribution in [3.8, 4) is 0 Å². The van der Waals surface area contributed by atoms with Crippen LogP contribution in [0.15, 0.2) is 61.2 Å². The molecule has 1 aliphatic rings. The van der Waals surface area contributed by atoms with Gasteiger partial charge >= 0.3 is 0 Å². The molecule has 1 fully saturated rings. The molecule has 0 radical (unpaired) electrons. The Labute approximate surface area is 182 Å².